The van der Waals surface area contributed by atoms with Crippen LogP contribution < -0.4 is 0 Å². The number of aliphatic hydroxyl groups is 1. The van der Waals surface area contributed by atoms with Crippen molar-refractivity contribution in [2.24, 2.45) is 5.92 Å². The quantitative estimate of drug-likeness (QED) is 0.637. The first-order chi connectivity index (χ1) is 7.76. The summed E-state index contributed by atoms with van der Waals surface area (Å²) in [7, 11) is 2.21. The summed E-state index contributed by atoms with van der Waals surface area (Å²) < 4.78 is 0. The summed E-state index contributed by atoms with van der Waals surface area (Å²) in [6.07, 6.45) is 4.75. The fourth-order valence-corrected chi connectivity index (χ4v) is 2.46. The molecule has 0 saturated carbocycles. The highest BCUT2D eigenvalue weighted by atomic mass is 16.2. The van der Waals surface area contributed by atoms with Crippen molar-refractivity contribution >= 4 is 0 Å². The van der Waals surface area contributed by atoms with Crippen LogP contribution >= 0.6 is 0 Å². The van der Waals surface area contributed by atoms with Gasteiger partial charge in [0.25, 0.3) is 0 Å². The summed E-state index contributed by atoms with van der Waals surface area (Å²) in [6, 6.07) is 0. The highest BCUT2D eigenvalue weighted by Gasteiger charge is 2.22. The van der Waals surface area contributed by atoms with E-state index in [2.05, 4.69) is 23.8 Å². The van der Waals surface area contributed by atoms with E-state index < -0.39 is 0 Å². The fourth-order valence-electron chi connectivity index (χ4n) is 2.46. The minimum Gasteiger partial charge on any atom is -0.396 e. The van der Waals surface area contributed by atoms with Crippen LogP contribution in [0.4, 0.5) is 0 Å². The van der Waals surface area contributed by atoms with Crippen molar-refractivity contribution in [2.75, 3.05) is 46.4 Å². The molecule has 1 atom stereocenters. The zero-order valence-corrected chi connectivity index (χ0v) is 11.0. The molecule has 0 bridgehead atoms. The Bertz CT molecular complexity index is 175. The Morgan fingerprint density at radius 3 is 2.81 bits per heavy atom. The maximum atomic E-state index is 8.71. The van der Waals surface area contributed by atoms with Gasteiger partial charge in [-0.1, -0.05) is 6.92 Å². The number of hydrogen-bond acceptors (Lipinski definition) is 3. The molecule has 1 saturated heterocycles. The van der Waals surface area contributed by atoms with Crippen LogP contribution in [0.5, 0.6) is 0 Å². The zero-order valence-electron chi connectivity index (χ0n) is 11.0. The minimum absolute atomic E-state index is 0.351. The van der Waals surface area contributed by atoms with Crippen LogP contribution in [0.25, 0.3) is 0 Å². The third-order valence-corrected chi connectivity index (χ3v) is 3.61. The minimum atomic E-state index is 0.351. The van der Waals surface area contributed by atoms with E-state index in [-0.39, 0.29) is 0 Å². The van der Waals surface area contributed by atoms with Crippen molar-refractivity contribution in [1.82, 2.24) is 9.80 Å². The summed E-state index contributed by atoms with van der Waals surface area (Å²) in [5, 5.41) is 8.71. The van der Waals surface area contributed by atoms with Gasteiger partial charge in [0.2, 0.25) is 0 Å². The standard InChI is InChI=1S/C13H28N2O/c1-3-14(2)11-13-7-9-15(12-13)8-5-4-6-10-16/h13,16H,3-12H2,1-2H3. The molecule has 1 fully saturated rings. The molecule has 16 heavy (non-hydrogen) atoms. The highest BCUT2D eigenvalue weighted by Crippen LogP contribution is 2.17. The largest absolute Gasteiger partial charge is 0.396 e. The van der Waals surface area contributed by atoms with Gasteiger partial charge in [-0.25, -0.2) is 0 Å². The lowest BCUT2D eigenvalue weighted by atomic mass is 10.1. The fraction of sp³-hybridized carbons (Fsp3) is 1.00. The molecule has 0 aromatic carbocycles. The van der Waals surface area contributed by atoms with Gasteiger partial charge in [0.1, 0.15) is 0 Å². The summed E-state index contributed by atoms with van der Waals surface area (Å²) in [4.78, 5) is 5.01. The average molecular weight is 228 g/mol. The first-order valence-corrected chi connectivity index (χ1v) is 6.78. The van der Waals surface area contributed by atoms with E-state index in [4.69, 9.17) is 5.11 Å². The van der Waals surface area contributed by atoms with Crippen LogP contribution in [0.3, 0.4) is 0 Å². The lowest BCUT2D eigenvalue weighted by molar-refractivity contribution is 0.259. The molecule has 1 rings (SSSR count). The van der Waals surface area contributed by atoms with Gasteiger partial charge in [-0.2, -0.15) is 0 Å². The molecule has 0 amide bonds. The van der Waals surface area contributed by atoms with Crippen LogP contribution in [-0.4, -0.2) is 61.3 Å². The molecule has 0 spiro atoms. The third kappa shape index (κ3) is 5.28. The Kier molecular flexibility index (Phi) is 7.01. The smallest absolute Gasteiger partial charge is 0.0431 e. The maximum absolute atomic E-state index is 8.71. The van der Waals surface area contributed by atoms with Crippen molar-refractivity contribution in [3.05, 3.63) is 0 Å². The average Bonchev–Trinajstić information content (AvgIpc) is 2.72. The predicted octanol–water partition coefficient (Wildman–Crippen LogP) is 1.42. The molecule has 0 radical (unpaired) electrons. The first kappa shape index (κ1) is 13.9. The van der Waals surface area contributed by atoms with Crippen LogP contribution in [0, 0.1) is 5.92 Å². The second-order valence-electron chi connectivity index (χ2n) is 5.09. The number of aliphatic hydroxyl groups excluding tert-OH is 1. The monoisotopic (exact) mass is 228 g/mol. The van der Waals surface area contributed by atoms with Crippen LogP contribution in [0.15, 0.2) is 0 Å². The predicted molar refractivity (Wildman–Crippen MR) is 68.7 cm³/mol. The van der Waals surface area contributed by atoms with Crippen molar-refractivity contribution < 1.29 is 5.11 Å². The van der Waals surface area contributed by atoms with Crippen molar-refractivity contribution in [3.63, 3.8) is 0 Å². The normalized spacial score (nSPS) is 22.1. The van der Waals surface area contributed by atoms with Gasteiger partial charge < -0.3 is 14.9 Å². The SMILES string of the molecule is CCN(C)CC1CCN(CCCCCO)C1. The van der Waals surface area contributed by atoms with Crippen molar-refractivity contribution in [2.45, 2.75) is 32.6 Å². The van der Waals surface area contributed by atoms with Gasteiger partial charge >= 0.3 is 0 Å². The van der Waals surface area contributed by atoms with E-state index >= 15 is 0 Å². The molecule has 1 N–H and O–H groups in total. The summed E-state index contributed by atoms with van der Waals surface area (Å²) >= 11 is 0. The molecule has 0 aromatic rings. The third-order valence-electron chi connectivity index (χ3n) is 3.61. The van der Waals surface area contributed by atoms with E-state index in [0.29, 0.717) is 6.61 Å². The lowest BCUT2D eigenvalue weighted by Gasteiger charge is -2.20. The summed E-state index contributed by atoms with van der Waals surface area (Å²) in [5.41, 5.74) is 0. The number of nitrogens with zero attached hydrogens (tertiary/aromatic N) is 2. The molecule has 1 heterocycles. The Morgan fingerprint density at radius 2 is 2.12 bits per heavy atom. The van der Waals surface area contributed by atoms with E-state index in [1.165, 1.54) is 45.4 Å². The molecule has 3 heteroatoms. The molecule has 1 aliphatic rings. The Hall–Kier alpha value is -0.120. The van der Waals surface area contributed by atoms with Gasteiger partial charge in [-0.3, -0.25) is 0 Å². The number of likely N-dealkylation sites (tertiary alicyclic amines) is 1. The number of rotatable bonds is 8. The second-order valence-corrected chi connectivity index (χ2v) is 5.09. The Balaban J connectivity index is 2.05. The van der Waals surface area contributed by atoms with Gasteiger partial charge in [0, 0.05) is 19.7 Å². The van der Waals surface area contributed by atoms with Gasteiger partial charge in [0.15, 0.2) is 0 Å². The van der Waals surface area contributed by atoms with E-state index in [9.17, 15) is 0 Å². The Labute approximate surface area is 100 Å². The summed E-state index contributed by atoms with van der Waals surface area (Å²) in [5.74, 6) is 0.878. The number of hydrogen-bond donors (Lipinski definition) is 1. The van der Waals surface area contributed by atoms with Gasteiger partial charge in [0.05, 0.1) is 0 Å². The highest BCUT2D eigenvalue weighted by molar-refractivity contribution is 4.77. The second kappa shape index (κ2) is 8.04. The molecule has 3 nitrogen and oxygen atoms in total. The van der Waals surface area contributed by atoms with Crippen molar-refractivity contribution in [3.8, 4) is 0 Å². The van der Waals surface area contributed by atoms with Gasteiger partial charge in [-0.05, 0) is 58.3 Å². The summed E-state index contributed by atoms with van der Waals surface area (Å²) in [6.45, 7) is 8.78. The molecule has 0 aromatic heterocycles. The van der Waals surface area contributed by atoms with Gasteiger partial charge in [-0.15, -0.1) is 0 Å². The Morgan fingerprint density at radius 1 is 1.31 bits per heavy atom. The van der Waals surface area contributed by atoms with Crippen molar-refractivity contribution in [1.29, 1.82) is 0 Å². The van der Waals surface area contributed by atoms with Crippen LogP contribution in [0.1, 0.15) is 32.6 Å². The van der Waals surface area contributed by atoms with E-state index in [0.717, 1.165) is 18.9 Å². The first-order valence-electron chi connectivity index (χ1n) is 6.78. The molecular weight excluding hydrogens is 200 g/mol. The topological polar surface area (TPSA) is 26.7 Å². The number of unbranched alkanes of at least 4 members (excludes halogenated alkanes) is 2. The van der Waals surface area contributed by atoms with E-state index in [1.54, 1.807) is 0 Å². The molecular formula is C13H28N2O. The van der Waals surface area contributed by atoms with Crippen LogP contribution in [-0.2, 0) is 0 Å². The maximum Gasteiger partial charge on any atom is 0.0431 e. The molecule has 96 valence electrons. The molecule has 0 aliphatic carbocycles. The zero-order chi connectivity index (χ0) is 11.8. The molecule has 1 aliphatic heterocycles. The van der Waals surface area contributed by atoms with Crippen LogP contribution in [0.2, 0.25) is 0 Å². The lowest BCUT2D eigenvalue weighted by Crippen LogP contribution is -2.28. The van der Waals surface area contributed by atoms with E-state index in [1.807, 2.05) is 0 Å². The molecule has 1 unspecified atom stereocenters.